The van der Waals surface area contributed by atoms with Gasteiger partial charge in [-0.1, -0.05) is 12.1 Å². The number of aromatic nitrogens is 2. The van der Waals surface area contributed by atoms with Crippen LogP contribution in [0.25, 0.3) is 0 Å². The topological polar surface area (TPSA) is 90.6 Å². The van der Waals surface area contributed by atoms with Crippen molar-refractivity contribution >= 4 is 15.7 Å². The lowest BCUT2D eigenvalue weighted by Gasteiger charge is -2.31. The van der Waals surface area contributed by atoms with E-state index in [2.05, 4.69) is 0 Å². The molecule has 2 heterocycles. The van der Waals surface area contributed by atoms with Gasteiger partial charge in [-0.05, 0) is 24.5 Å². The predicted molar refractivity (Wildman–Crippen MR) is 92.8 cm³/mol. The zero-order valence-corrected chi connectivity index (χ0v) is 15.0. The lowest BCUT2D eigenvalue weighted by atomic mass is 10.0. The molecule has 0 amide bonds. The van der Waals surface area contributed by atoms with Crippen LogP contribution in [0.4, 0.5) is 5.69 Å². The first kappa shape index (κ1) is 17.3. The highest BCUT2D eigenvalue weighted by molar-refractivity contribution is 7.92. The number of anilines is 1. The van der Waals surface area contributed by atoms with Gasteiger partial charge in [0.2, 0.25) is 0 Å². The highest BCUT2D eigenvalue weighted by atomic mass is 32.2. The fourth-order valence-electron chi connectivity index (χ4n) is 3.05. The van der Waals surface area contributed by atoms with Gasteiger partial charge < -0.3 is 9.30 Å². The molecule has 9 heteroatoms. The van der Waals surface area contributed by atoms with Gasteiger partial charge in [-0.25, -0.2) is 13.2 Å². The minimum atomic E-state index is -4.14. The van der Waals surface area contributed by atoms with Crippen molar-refractivity contribution in [2.75, 3.05) is 18.0 Å². The molecule has 2 aromatic rings. The normalized spacial score (nSPS) is 14.3. The molecule has 0 saturated carbocycles. The second kappa shape index (κ2) is 6.07. The fraction of sp³-hybridized carbons (Fsp3) is 0.375. The minimum absolute atomic E-state index is 0.238. The van der Waals surface area contributed by atoms with Gasteiger partial charge in [0.15, 0.2) is 4.90 Å². The van der Waals surface area contributed by atoms with Crippen LogP contribution in [0.2, 0.25) is 0 Å². The smallest absolute Gasteiger partial charge is 0.330 e. The zero-order valence-electron chi connectivity index (χ0n) is 14.2. The molecule has 0 bridgehead atoms. The number of hydrogen-bond acceptors (Lipinski definition) is 5. The Morgan fingerprint density at radius 2 is 1.88 bits per heavy atom. The van der Waals surface area contributed by atoms with Gasteiger partial charge in [0.05, 0.1) is 12.8 Å². The van der Waals surface area contributed by atoms with Crippen LogP contribution in [-0.4, -0.2) is 31.2 Å². The van der Waals surface area contributed by atoms with E-state index < -0.39 is 26.2 Å². The van der Waals surface area contributed by atoms with Gasteiger partial charge in [-0.3, -0.25) is 13.7 Å². The monoisotopic (exact) mass is 365 g/mol. The number of aryl methyl sites for hydroxylation is 2. The second-order valence-corrected chi connectivity index (χ2v) is 7.73. The van der Waals surface area contributed by atoms with Crippen molar-refractivity contribution in [2.24, 2.45) is 14.1 Å². The van der Waals surface area contributed by atoms with Crippen molar-refractivity contribution in [3.8, 4) is 5.75 Å². The van der Waals surface area contributed by atoms with Gasteiger partial charge in [-0.15, -0.1) is 0 Å². The SMILES string of the molecule is COc1cccc2c1N(S(=O)(=O)c1cn(C)c(=O)n(C)c1=O)CCC2. The molecule has 1 aliphatic rings. The number of fused-ring (bicyclic) bond motifs is 1. The summed E-state index contributed by atoms with van der Waals surface area (Å²) in [4.78, 5) is 23.8. The van der Waals surface area contributed by atoms with Crippen molar-refractivity contribution in [1.29, 1.82) is 0 Å². The van der Waals surface area contributed by atoms with Crippen LogP contribution < -0.4 is 20.3 Å². The highest BCUT2D eigenvalue weighted by Crippen LogP contribution is 2.38. The van der Waals surface area contributed by atoms with Crippen LogP contribution in [0.3, 0.4) is 0 Å². The highest BCUT2D eigenvalue weighted by Gasteiger charge is 2.34. The number of rotatable bonds is 3. The molecule has 0 saturated heterocycles. The summed E-state index contributed by atoms with van der Waals surface area (Å²) in [5.41, 5.74) is -0.131. The summed E-state index contributed by atoms with van der Waals surface area (Å²) in [6, 6.07) is 5.34. The van der Waals surface area contributed by atoms with Gasteiger partial charge in [-0.2, -0.15) is 0 Å². The Morgan fingerprint density at radius 1 is 1.16 bits per heavy atom. The number of methoxy groups -OCH3 is 1. The lowest BCUT2D eigenvalue weighted by molar-refractivity contribution is 0.414. The van der Waals surface area contributed by atoms with E-state index in [1.54, 1.807) is 12.1 Å². The Balaban J connectivity index is 2.26. The Morgan fingerprint density at radius 3 is 2.56 bits per heavy atom. The van der Waals surface area contributed by atoms with E-state index in [0.29, 0.717) is 17.9 Å². The van der Waals surface area contributed by atoms with Crippen molar-refractivity contribution in [3.63, 3.8) is 0 Å². The van der Waals surface area contributed by atoms with E-state index in [1.165, 1.54) is 25.5 Å². The van der Waals surface area contributed by atoms with Crippen LogP contribution in [0.5, 0.6) is 5.75 Å². The van der Waals surface area contributed by atoms with E-state index >= 15 is 0 Å². The average Bonchev–Trinajstić information content (AvgIpc) is 2.61. The molecule has 134 valence electrons. The standard InChI is InChI=1S/C16H19N3O5S/c1-17-10-13(15(20)18(2)16(17)21)25(22,23)19-9-5-7-11-6-4-8-12(24-3)14(11)19/h4,6,8,10H,5,7,9H2,1-3H3. The van der Waals surface area contributed by atoms with Crippen LogP contribution in [-0.2, 0) is 30.5 Å². The summed E-state index contributed by atoms with van der Waals surface area (Å²) < 4.78 is 34.8. The summed E-state index contributed by atoms with van der Waals surface area (Å²) in [5, 5.41) is 0. The first-order valence-corrected chi connectivity index (χ1v) is 9.18. The molecule has 0 N–H and O–H groups in total. The number of hydrogen-bond donors (Lipinski definition) is 0. The summed E-state index contributed by atoms with van der Waals surface area (Å²) in [6.07, 6.45) is 2.43. The molecule has 0 atom stereocenters. The molecular weight excluding hydrogens is 346 g/mol. The Labute approximate surface area is 144 Å². The molecule has 8 nitrogen and oxygen atoms in total. The first-order chi connectivity index (χ1) is 11.8. The van der Waals surface area contributed by atoms with Crippen LogP contribution in [0.15, 0.2) is 38.9 Å². The largest absolute Gasteiger partial charge is 0.495 e. The van der Waals surface area contributed by atoms with Crippen molar-refractivity contribution in [2.45, 2.75) is 17.7 Å². The van der Waals surface area contributed by atoms with Crippen molar-refractivity contribution in [1.82, 2.24) is 9.13 Å². The molecule has 0 spiro atoms. The van der Waals surface area contributed by atoms with Gasteiger partial charge in [0.1, 0.15) is 5.75 Å². The summed E-state index contributed by atoms with van der Waals surface area (Å²) in [6.45, 7) is 0.238. The Bertz CT molecular complexity index is 1040. The van der Waals surface area contributed by atoms with E-state index in [0.717, 1.165) is 27.3 Å². The van der Waals surface area contributed by atoms with Crippen molar-refractivity contribution in [3.05, 3.63) is 50.8 Å². The van der Waals surface area contributed by atoms with Crippen molar-refractivity contribution < 1.29 is 13.2 Å². The Kier molecular flexibility index (Phi) is 4.19. The third-order valence-electron chi connectivity index (χ3n) is 4.34. The summed E-state index contributed by atoms with van der Waals surface area (Å²) in [5.74, 6) is 0.433. The second-order valence-electron chi connectivity index (χ2n) is 5.90. The van der Waals surface area contributed by atoms with Gasteiger partial charge >= 0.3 is 5.69 Å². The first-order valence-electron chi connectivity index (χ1n) is 7.74. The predicted octanol–water partition coefficient (Wildman–Crippen LogP) is 0.234. The van der Waals surface area contributed by atoms with Crippen LogP contribution in [0.1, 0.15) is 12.0 Å². The summed E-state index contributed by atoms with van der Waals surface area (Å²) in [7, 11) is -0.00108. The third kappa shape index (κ3) is 2.64. The maximum Gasteiger partial charge on any atom is 0.330 e. The number of nitrogens with zero attached hydrogens (tertiary/aromatic N) is 3. The number of para-hydroxylation sites is 1. The maximum atomic E-state index is 13.2. The molecule has 0 fully saturated rings. The van der Waals surface area contributed by atoms with E-state index in [-0.39, 0.29) is 6.54 Å². The van der Waals surface area contributed by atoms with Gasteiger partial charge in [0.25, 0.3) is 15.6 Å². The van der Waals surface area contributed by atoms with Crippen LogP contribution >= 0.6 is 0 Å². The minimum Gasteiger partial charge on any atom is -0.495 e. The number of benzene rings is 1. The molecule has 1 aliphatic heterocycles. The molecule has 1 aromatic heterocycles. The zero-order chi connectivity index (χ0) is 18.4. The van der Waals surface area contributed by atoms with E-state index in [1.807, 2.05) is 6.07 Å². The fourth-order valence-corrected chi connectivity index (χ4v) is 4.76. The average molecular weight is 365 g/mol. The van der Waals surface area contributed by atoms with Gasteiger partial charge in [0, 0.05) is 26.8 Å². The van der Waals surface area contributed by atoms with Crippen LogP contribution in [0, 0.1) is 0 Å². The molecule has 0 unspecified atom stereocenters. The van der Waals surface area contributed by atoms with E-state index in [9.17, 15) is 18.0 Å². The number of ether oxygens (including phenoxy) is 1. The lowest BCUT2D eigenvalue weighted by Crippen LogP contribution is -2.44. The summed E-state index contributed by atoms with van der Waals surface area (Å²) >= 11 is 0. The molecule has 1 aromatic carbocycles. The molecular formula is C16H19N3O5S. The molecule has 25 heavy (non-hydrogen) atoms. The maximum absolute atomic E-state index is 13.2. The Hall–Kier alpha value is -2.55. The molecule has 0 radical (unpaired) electrons. The molecule has 3 rings (SSSR count). The quantitative estimate of drug-likeness (QED) is 0.777. The number of sulfonamides is 1. The third-order valence-corrected chi connectivity index (χ3v) is 6.12. The molecule has 0 aliphatic carbocycles. The van der Waals surface area contributed by atoms with E-state index in [4.69, 9.17) is 4.74 Å².